The van der Waals surface area contributed by atoms with Crippen molar-refractivity contribution in [1.82, 2.24) is 9.80 Å². The maximum atomic E-state index is 12.5. The van der Waals surface area contributed by atoms with Gasteiger partial charge in [0.2, 0.25) is 5.91 Å². The summed E-state index contributed by atoms with van der Waals surface area (Å²) in [6.45, 7) is 11.1. The second-order valence-corrected chi connectivity index (χ2v) is 8.85. The molecule has 1 aliphatic heterocycles. The molecule has 0 radical (unpaired) electrons. The molecule has 1 amide bonds. The molecule has 1 atom stereocenters. The van der Waals surface area contributed by atoms with Crippen LogP contribution in [0.25, 0.3) is 0 Å². The van der Waals surface area contributed by atoms with Crippen molar-refractivity contribution in [3.63, 3.8) is 0 Å². The number of para-hydroxylation sites is 1. The molecule has 1 fully saturated rings. The van der Waals surface area contributed by atoms with Gasteiger partial charge in [-0.3, -0.25) is 14.5 Å². The number of hydrogen-bond acceptors (Lipinski definition) is 5. The first-order chi connectivity index (χ1) is 16.0. The van der Waals surface area contributed by atoms with E-state index in [0.717, 1.165) is 61.5 Å². The van der Waals surface area contributed by atoms with E-state index in [2.05, 4.69) is 15.1 Å². The number of rotatable bonds is 10. The summed E-state index contributed by atoms with van der Waals surface area (Å²) < 4.78 is 5.81. The van der Waals surface area contributed by atoms with Crippen LogP contribution >= 0.6 is 0 Å². The highest BCUT2D eigenvalue weighted by molar-refractivity contribution is 5.92. The van der Waals surface area contributed by atoms with Crippen LogP contribution in [0.15, 0.2) is 48.5 Å². The van der Waals surface area contributed by atoms with Crippen LogP contribution in [-0.2, 0) is 14.3 Å². The Hall–Kier alpha value is -2.70. The van der Waals surface area contributed by atoms with Crippen LogP contribution in [0.5, 0.6) is 0 Å². The average molecular weight is 452 g/mol. The molecule has 0 spiro atoms. The number of benzene rings is 2. The van der Waals surface area contributed by atoms with E-state index < -0.39 is 0 Å². The van der Waals surface area contributed by atoms with Gasteiger partial charge in [-0.2, -0.15) is 0 Å². The molecule has 0 aliphatic carbocycles. The number of aryl methyl sites for hydroxylation is 2. The molecule has 1 heterocycles. The second kappa shape index (κ2) is 12.5. The lowest BCUT2D eigenvalue weighted by molar-refractivity contribution is -0.150. The number of piperazine rings is 1. The molecule has 3 rings (SSSR count). The SMILES string of the molecule is CCCC(=O)OC(CN1CCN(CCC(=O)Nc2c(C)cccc2C)CC1)c1ccccc1. The maximum absolute atomic E-state index is 12.5. The Bertz CT molecular complexity index is 888. The first-order valence-corrected chi connectivity index (χ1v) is 12.0. The molecule has 2 aromatic rings. The van der Waals surface area contributed by atoms with Crippen LogP contribution in [0.2, 0.25) is 0 Å². The van der Waals surface area contributed by atoms with Crippen LogP contribution in [0.1, 0.15) is 49.0 Å². The zero-order valence-electron chi connectivity index (χ0n) is 20.2. The molecule has 6 heteroatoms. The van der Waals surface area contributed by atoms with Gasteiger partial charge in [-0.1, -0.05) is 55.5 Å². The minimum absolute atomic E-state index is 0.0572. The molecular weight excluding hydrogens is 414 g/mol. The van der Waals surface area contributed by atoms with Crippen LogP contribution in [0.4, 0.5) is 5.69 Å². The fourth-order valence-electron chi connectivity index (χ4n) is 4.20. The molecule has 1 unspecified atom stereocenters. The van der Waals surface area contributed by atoms with Gasteiger partial charge in [-0.25, -0.2) is 0 Å². The number of carbonyl (C=O) groups excluding carboxylic acids is 2. The first kappa shape index (κ1) is 24.9. The van der Waals surface area contributed by atoms with E-state index in [1.807, 2.05) is 69.3 Å². The molecule has 33 heavy (non-hydrogen) atoms. The number of anilines is 1. The van der Waals surface area contributed by atoms with E-state index in [1.54, 1.807) is 0 Å². The maximum Gasteiger partial charge on any atom is 0.306 e. The van der Waals surface area contributed by atoms with Crippen LogP contribution in [0.3, 0.4) is 0 Å². The van der Waals surface area contributed by atoms with Gasteiger partial charge in [0.25, 0.3) is 0 Å². The fraction of sp³-hybridized carbons (Fsp3) is 0.481. The fourth-order valence-corrected chi connectivity index (χ4v) is 4.20. The van der Waals surface area contributed by atoms with E-state index in [0.29, 0.717) is 19.4 Å². The van der Waals surface area contributed by atoms with Crippen molar-refractivity contribution in [3.8, 4) is 0 Å². The number of carbonyl (C=O) groups is 2. The van der Waals surface area contributed by atoms with E-state index in [1.165, 1.54) is 0 Å². The number of hydrogen-bond donors (Lipinski definition) is 1. The zero-order valence-corrected chi connectivity index (χ0v) is 20.2. The van der Waals surface area contributed by atoms with Crippen LogP contribution in [0, 0.1) is 13.8 Å². The Morgan fingerprint density at radius 3 is 2.18 bits per heavy atom. The molecule has 0 bridgehead atoms. The number of ether oxygens (including phenoxy) is 1. The van der Waals surface area contributed by atoms with Crippen molar-refractivity contribution in [2.75, 3.05) is 44.6 Å². The van der Waals surface area contributed by atoms with Gasteiger partial charge in [0.15, 0.2) is 0 Å². The van der Waals surface area contributed by atoms with Crippen molar-refractivity contribution in [3.05, 3.63) is 65.2 Å². The van der Waals surface area contributed by atoms with Gasteiger partial charge in [0, 0.05) is 57.8 Å². The minimum atomic E-state index is -0.250. The molecule has 6 nitrogen and oxygen atoms in total. The molecule has 2 aromatic carbocycles. The molecule has 0 saturated carbocycles. The quantitative estimate of drug-likeness (QED) is 0.545. The predicted molar refractivity (Wildman–Crippen MR) is 132 cm³/mol. The topological polar surface area (TPSA) is 61.9 Å². The highest BCUT2D eigenvalue weighted by Gasteiger charge is 2.24. The lowest BCUT2D eigenvalue weighted by atomic mass is 10.1. The van der Waals surface area contributed by atoms with E-state index in [4.69, 9.17) is 4.74 Å². The van der Waals surface area contributed by atoms with Crippen LogP contribution < -0.4 is 5.32 Å². The van der Waals surface area contributed by atoms with Crippen molar-refractivity contribution < 1.29 is 14.3 Å². The summed E-state index contributed by atoms with van der Waals surface area (Å²) in [6, 6.07) is 16.0. The highest BCUT2D eigenvalue weighted by Crippen LogP contribution is 2.21. The normalized spacial score (nSPS) is 15.7. The van der Waals surface area contributed by atoms with Gasteiger partial charge in [0.1, 0.15) is 6.10 Å². The number of amides is 1. The first-order valence-electron chi connectivity index (χ1n) is 12.0. The molecule has 0 aromatic heterocycles. The average Bonchev–Trinajstić information content (AvgIpc) is 2.81. The van der Waals surface area contributed by atoms with Crippen molar-refractivity contribution >= 4 is 17.6 Å². The predicted octanol–water partition coefficient (Wildman–Crippen LogP) is 4.33. The number of nitrogens with zero attached hydrogens (tertiary/aromatic N) is 2. The smallest absolute Gasteiger partial charge is 0.306 e. The standard InChI is InChI=1S/C27H37N3O3/c1-4-9-26(32)33-24(23-12-6-5-7-13-23)20-30-18-16-29(17-19-30)15-14-25(31)28-27-21(2)10-8-11-22(27)3/h5-8,10-13,24H,4,9,14-20H2,1-3H3,(H,28,31). The highest BCUT2D eigenvalue weighted by atomic mass is 16.5. The van der Waals surface area contributed by atoms with Gasteiger partial charge >= 0.3 is 5.97 Å². The summed E-state index contributed by atoms with van der Waals surface area (Å²) in [5, 5.41) is 3.08. The van der Waals surface area contributed by atoms with Crippen LogP contribution in [-0.4, -0.2) is 60.9 Å². The summed E-state index contributed by atoms with van der Waals surface area (Å²) in [7, 11) is 0. The zero-order chi connectivity index (χ0) is 23.6. The lowest BCUT2D eigenvalue weighted by Gasteiger charge is -2.36. The third kappa shape index (κ3) is 7.69. The van der Waals surface area contributed by atoms with Crippen molar-refractivity contribution in [1.29, 1.82) is 0 Å². The van der Waals surface area contributed by atoms with Gasteiger partial charge in [-0.15, -0.1) is 0 Å². The third-order valence-electron chi connectivity index (χ3n) is 6.19. The Labute approximate surface area is 197 Å². The molecule has 178 valence electrons. The monoisotopic (exact) mass is 451 g/mol. The summed E-state index contributed by atoms with van der Waals surface area (Å²) >= 11 is 0. The van der Waals surface area contributed by atoms with E-state index >= 15 is 0 Å². The Morgan fingerprint density at radius 2 is 1.55 bits per heavy atom. The Balaban J connectivity index is 1.46. The Kier molecular flexibility index (Phi) is 9.46. The number of esters is 1. The molecular formula is C27H37N3O3. The van der Waals surface area contributed by atoms with Crippen molar-refractivity contribution in [2.45, 2.75) is 46.1 Å². The lowest BCUT2D eigenvalue weighted by Crippen LogP contribution is -2.48. The summed E-state index contributed by atoms with van der Waals surface area (Å²) in [5.41, 5.74) is 4.14. The summed E-state index contributed by atoms with van der Waals surface area (Å²) in [4.78, 5) is 29.3. The van der Waals surface area contributed by atoms with Gasteiger partial charge in [0.05, 0.1) is 0 Å². The third-order valence-corrected chi connectivity index (χ3v) is 6.19. The van der Waals surface area contributed by atoms with Gasteiger partial charge < -0.3 is 15.0 Å². The second-order valence-electron chi connectivity index (χ2n) is 8.85. The van der Waals surface area contributed by atoms with Gasteiger partial charge in [-0.05, 0) is 37.0 Å². The molecule has 1 aliphatic rings. The number of nitrogens with one attached hydrogen (secondary N) is 1. The Morgan fingerprint density at radius 1 is 0.909 bits per heavy atom. The molecule has 1 N–H and O–H groups in total. The van der Waals surface area contributed by atoms with E-state index in [9.17, 15) is 9.59 Å². The van der Waals surface area contributed by atoms with Crippen molar-refractivity contribution in [2.24, 2.45) is 0 Å². The van der Waals surface area contributed by atoms with E-state index in [-0.39, 0.29) is 18.0 Å². The molecule has 1 saturated heterocycles. The minimum Gasteiger partial charge on any atom is -0.456 e. The summed E-state index contributed by atoms with van der Waals surface area (Å²) in [5.74, 6) is -0.0818. The summed E-state index contributed by atoms with van der Waals surface area (Å²) in [6.07, 6.45) is 1.46. The largest absolute Gasteiger partial charge is 0.456 e.